The van der Waals surface area contributed by atoms with Crippen molar-refractivity contribution in [3.05, 3.63) is 0 Å². The Balaban J connectivity index is 1.71. The summed E-state index contributed by atoms with van der Waals surface area (Å²) in [6.07, 6.45) is 5.20. The lowest BCUT2D eigenvalue weighted by atomic mass is 9.96. The summed E-state index contributed by atoms with van der Waals surface area (Å²) in [7, 11) is 2.25. The molecule has 3 nitrogen and oxygen atoms in total. The van der Waals surface area contributed by atoms with Gasteiger partial charge in [-0.1, -0.05) is 0 Å². The Labute approximate surface area is 93.6 Å². The van der Waals surface area contributed by atoms with Gasteiger partial charge < -0.3 is 15.5 Å². The van der Waals surface area contributed by atoms with Crippen LogP contribution in [0.3, 0.4) is 0 Å². The summed E-state index contributed by atoms with van der Waals surface area (Å²) in [6, 6.07) is 0.468. The molecule has 2 heterocycles. The van der Waals surface area contributed by atoms with Gasteiger partial charge in [0.1, 0.15) is 0 Å². The Kier molecular flexibility index (Phi) is 4.00. The molecule has 2 aliphatic rings. The van der Waals surface area contributed by atoms with Crippen molar-refractivity contribution in [1.82, 2.24) is 9.80 Å². The van der Waals surface area contributed by atoms with Crippen LogP contribution >= 0.6 is 0 Å². The van der Waals surface area contributed by atoms with Crippen molar-refractivity contribution in [1.29, 1.82) is 0 Å². The Morgan fingerprint density at radius 2 is 1.87 bits per heavy atom. The minimum Gasteiger partial charge on any atom is -0.328 e. The van der Waals surface area contributed by atoms with E-state index >= 15 is 0 Å². The average molecular weight is 211 g/mol. The zero-order chi connectivity index (χ0) is 10.7. The van der Waals surface area contributed by atoms with E-state index in [0.717, 1.165) is 5.92 Å². The third-order valence-electron chi connectivity index (χ3n) is 3.87. The highest BCUT2D eigenvalue weighted by Gasteiger charge is 2.22. The average Bonchev–Trinajstić information content (AvgIpc) is 2.22. The number of hydrogen-bond acceptors (Lipinski definition) is 3. The fraction of sp³-hybridized carbons (Fsp3) is 1.00. The maximum Gasteiger partial charge on any atom is 0.00631 e. The molecule has 0 aliphatic carbocycles. The van der Waals surface area contributed by atoms with E-state index in [9.17, 15) is 0 Å². The lowest BCUT2D eigenvalue weighted by Gasteiger charge is -2.36. The van der Waals surface area contributed by atoms with E-state index in [0.29, 0.717) is 6.04 Å². The van der Waals surface area contributed by atoms with Crippen LogP contribution in [-0.4, -0.2) is 55.6 Å². The van der Waals surface area contributed by atoms with E-state index in [1.807, 2.05) is 0 Å². The van der Waals surface area contributed by atoms with Crippen molar-refractivity contribution in [2.45, 2.75) is 31.7 Å². The van der Waals surface area contributed by atoms with Crippen molar-refractivity contribution >= 4 is 0 Å². The predicted molar refractivity (Wildman–Crippen MR) is 63.9 cm³/mol. The SMILES string of the molecule is CN1CCCC(CN2CCC(N)CC2)C1. The summed E-state index contributed by atoms with van der Waals surface area (Å²) in [4.78, 5) is 5.09. The molecule has 2 saturated heterocycles. The van der Waals surface area contributed by atoms with Crippen molar-refractivity contribution in [2.24, 2.45) is 11.7 Å². The largest absolute Gasteiger partial charge is 0.328 e. The van der Waals surface area contributed by atoms with Crippen molar-refractivity contribution in [3.8, 4) is 0 Å². The molecule has 2 N–H and O–H groups in total. The van der Waals surface area contributed by atoms with E-state index in [1.165, 1.54) is 58.4 Å². The highest BCUT2D eigenvalue weighted by atomic mass is 15.2. The molecule has 15 heavy (non-hydrogen) atoms. The highest BCUT2D eigenvalue weighted by molar-refractivity contribution is 4.78. The van der Waals surface area contributed by atoms with Gasteiger partial charge in [0.05, 0.1) is 0 Å². The fourth-order valence-corrected chi connectivity index (χ4v) is 2.92. The summed E-state index contributed by atoms with van der Waals surface area (Å²) >= 11 is 0. The Bertz CT molecular complexity index is 187. The Hall–Kier alpha value is -0.120. The molecule has 1 atom stereocenters. The van der Waals surface area contributed by atoms with Crippen molar-refractivity contribution < 1.29 is 0 Å². The second kappa shape index (κ2) is 5.28. The molecule has 0 aromatic rings. The molecule has 0 spiro atoms. The van der Waals surface area contributed by atoms with Crippen LogP contribution < -0.4 is 5.73 Å². The first-order chi connectivity index (χ1) is 7.24. The van der Waals surface area contributed by atoms with E-state index in [1.54, 1.807) is 0 Å². The minimum absolute atomic E-state index is 0.468. The summed E-state index contributed by atoms with van der Waals surface area (Å²) < 4.78 is 0. The molecular weight excluding hydrogens is 186 g/mol. The van der Waals surface area contributed by atoms with Crippen LogP contribution in [-0.2, 0) is 0 Å². The first-order valence-corrected chi connectivity index (χ1v) is 6.40. The van der Waals surface area contributed by atoms with Crippen LogP contribution in [0.2, 0.25) is 0 Å². The number of rotatable bonds is 2. The van der Waals surface area contributed by atoms with Gasteiger partial charge in [-0.25, -0.2) is 0 Å². The summed E-state index contributed by atoms with van der Waals surface area (Å²) in [5.74, 6) is 0.901. The van der Waals surface area contributed by atoms with Crippen LogP contribution in [0.4, 0.5) is 0 Å². The first kappa shape index (κ1) is 11.4. The zero-order valence-electron chi connectivity index (χ0n) is 9.99. The second-order valence-electron chi connectivity index (χ2n) is 5.41. The molecule has 0 amide bonds. The minimum atomic E-state index is 0.468. The topological polar surface area (TPSA) is 32.5 Å². The van der Waals surface area contributed by atoms with Gasteiger partial charge in [-0.05, 0) is 58.3 Å². The molecule has 0 radical (unpaired) electrons. The molecule has 0 aromatic heterocycles. The Morgan fingerprint density at radius 1 is 1.13 bits per heavy atom. The highest BCUT2D eigenvalue weighted by Crippen LogP contribution is 2.18. The maximum atomic E-state index is 5.92. The molecular formula is C12H25N3. The normalized spacial score (nSPS) is 32.0. The number of nitrogens with zero attached hydrogens (tertiary/aromatic N) is 2. The van der Waals surface area contributed by atoms with Crippen molar-refractivity contribution in [3.63, 3.8) is 0 Å². The van der Waals surface area contributed by atoms with Crippen LogP contribution in [0.5, 0.6) is 0 Å². The third kappa shape index (κ3) is 3.44. The van der Waals surface area contributed by atoms with Crippen LogP contribution in [0.1, 0.15) is 25.7 Å². The molecule has 3 heteroatoms. The van der Waals surface area contributed by atoms with Crippen LogP contribution in [0.15, 0.2) is 0 Å². The number of likely N-dealkylation sites (tertiary alicyclic amines) is 2. The van der Waals surface area contributed by atoms with Gasteiger partial charge in [0, 0.05) is 19.1 Å². The molecule has 2 rings (SSSR count). The van der Waals surface area contributed by atoms with Gasteiger partial charge in [-0.15, -0.1) is 0 Å². The molecule has 2 fully saturated rings. The second-order valence-corrected chi connectivity index (χ2v) is 5.41. The van der Waals surface area contributed by atoms with E-state index < -0.39 is 0 Å². The molecule has 2 aliphatic heterocycles. The molecule has 0 bridgehead atoms. The monoisotopic (exact) mass is 211 g/mol. The summed E-state index contributed by atoms with van der Waals surface area (Å²) in [5, 5.41) is 0. The molecule has 88 valence electrons. The van der Waals surface area contributed by atoms with Crippen molar-refractivity contribution in [2.75, 3.05) is 39.8 Å². The van der Waals surface area contributed by atoms with E-state index in [2.05, 4.69) is 16.8 Å². The zero-order valence-corrected chi connectivity index (χ0v) is 9.99. The van der Waals surface area contributed by atoms with E-state index in [4.69, 9.17) is 5.73 Å². The van der Waals surface area contributed by atoms with Gasteiger partial charge in [-0.3, -0.25) is 0 Å². The lowest BCUT2D eigenvalue weighted by molar-refractivity contribution is 0.132. The lowest BCUT2D eigenvalue weighted by Crippen LogP contribution is -2.44. The molecule has 0 saturated carbocycles. The number of nitrogens with two attached hydrogens (primary N) is 1. The Morgan fingerprint density at radius 3 is 2.53 bits per heavy atom. The fourth-order valence-electron chi connectivity index (χ4n) is 2.92. The van der Waals surface area contributed by atoms with Gasteiger partial charge >= 0.3 is 0 Å². The molecule has 0 aromatic carbocycles. The standard InChI is InChI=1S/C12H25N3/c1-14-6-2-3-11(9-14)10-15-7-4-12(13)5-8-15/h11-12H,2-10,13H2,1H3. The van der Waals surface area contributed by atoms with Crippen LogP contribution in [0.25, 0.3) is 0 Å². The predicted octanol–water partition coefficient (Wildman–Crippen LogP) is 0.751. The van der Waals surface area contributed by atoms with Crippen LogP contribution in [0, 0.1) is 5.92 Å². The first-order valence-electron chi connectivity index (χ1n) is 6.40. The van der Waals surface area contributed by atoms with E-state index in [-0.39, 0.29) is 0 Å². The van der Waals surface area contributed by atoms with Gasteiger partial charge in [-0.2, -0.15) is 0 Å². The van der Waals surface area contributed by atoms with Gasteiger partial charge in [0.2, 0.25) is 0 Å². The summed E-state index contributed by atoms with van der Waals surface area (Å²) in [5.41, 5.74) is 5.92. The maximum absolute atomic E-state index is 5.92. The van der Waals surface area contributed by atoms with Gasteiger partial charge in [0.15, 0.2) is 0 Å². The smallest absolute Gasteiger partial charge is 0.00631 e. The molecule has 1 unspecified atom stereocenters. The quantitative estimate of drug-likeness (QED) is 0.731. The third-order valence-corrected chi connectivity index (χ3v) is 3.87. The van der Waals surface area contributed by atoms with Gasteiger partial charge in [0.25, 0.3) is 0 Å². The summed E-state index contributed by atoms with van der Waals surface area (Å²) in [6.45, 7) is 6.34. The number of hydrogen-bond donors (Lipinski definition) is 1. The number of piperidine rings is 2.